The molecular formula is C16H26N2O5. The lowest BCUT2D eigenvalue weighted by molar-refractivity contribution is -0.152. The van der Waals surface area contributed by atoms with Crippen LogP contribution in [0.15, 0.2) is 12.2 Å². The second kappa shape index (κ2) is 7.99. The fraction of sp³-hybridized carbons (Fsp3) is 0.688. The maximum atomic E-state index is 12.3. The summed E-state index contributed by atoms with van der Waals surface area (Å²) in [5.74, 6) is -0.785. The molecule has 0 aromatic heterocycles. The van der Waals surface area contributed by atoms with Crippen molar-refractivity contribution in [2.45, 2.75) is 46.3 Å². The van der Waals surface area contributed by atoms with Gasteiger partial charge in [0.05, 0.1) is 6.10 Å². The molecule has 2 amide bonds. The zero-order valence-electron chi connectivity index (χ0n) is 14.5. The zero-order chi connectivity index (χ0) is 17.6. The zero-order valence-corrected chi connectivity index (χ0v) is 14.5. The van der Waals surface area contributed by atoms with Crippen LogP contribution in [0.1, 0.15) is 34.6 Å². The van der Waals surface area contributed by atoms with E-state index in [2.05, 4.69) is 0 Å². The Bertz CT molecular complexity index is 479. The van der Waals surface area contributed by atoms with E-state index in [0.717, 1.165) is 0 Å². The number of carbonyl (C=O) groups is 3. The summed E-state index contributed by atoms with van der Waals surface area (Å²) in [7, 11) is 0. The SMILES string of the molecule is CC(C)OC(=O)CN1C/C=C\CN(C(=O)OC(C)(C)C)CC1=O. The van der Waals surface area contributed by atoms with Crippen LogP contribution in [0.5, 0.6) is 0 Å². The lowest BCUT2D eigenvalue weighted by Gasteiger charge is -2.30. The maximum absolute atomic E-state index is 12.3. The minimum absolute atomic E-state index is 0.131. The molecule has 0 unspecified atom stereocenters. The van der Waals surface area contributed by atoms with Crippen molar-refractivity contribution in [3.8, 4) is 0 Å². The molecule has 0 aromatic carbocycles. The molecule has 0 radical (unpaired) electrons. The van der Waals surface area contributed by atoms with Crippen LogP contribution >= 0.6 is 0 Å². The predicted octanol–water partition coefficient (Wildman–Crippen LogP) is 1.57. The lowest BCUT2D eigenvalue weighted by Crippen LogP contribution is -2.47. The third-order valence-corrected chi connectivity index (χ3v) is 2.84. The minimum Gasteiger partial charge on any atom is -0.462 e. The topological polar surface area (TPSA) is 76.2 Å². The van der Waals surface area contributed by atoms with Gasteiger partial charge in [-0.2, -0.15) is 0 Å². The Morgan fingerprint density at radius 2 is 1.83 bits per heavy atom. The lowest BCUT2D eigenvalue weighted by atomic mass is 10.2. The van der Waals surface area contributed by atoms with Crippen LogP contribution in [-0.4, -0.2) is 65.7 Å². The van der Waals surface area contributed by atoms with Crippen molar-refractivity contribution in [1.82, 2.24) is 9.80 Å². The molecule has 1 heterocycles. The molecule has 0 aliphatic carbocycles. The Hall–Kier alpha value is -2.05. The summed E-state index contributed by atoms with van der Waals surface area (Å²) in [6.07, 6.45) is 2.73. The van der Waals surface area contributed by atoms with Crippen molar-refractivity contribution in [3.63, 3.8) is 0 Å². The summed E-state index contributed by atoms with van der Waals surface area (Å²) in [5.41, 5.74) is -0.632. The van der Waals surface area contributed by atoms with Gasteiger partial charge < -0.3 is 14.4 Å². The van der Waals surface area contributed by atoms with Gasteiger partial charge in [-0.15, -0.1) is 0 Å². The number of rotatable bonds is 3. The highest BCUT2D eigenvalue weighted by molar-refractivity contribution is 5.86. The maximum Gasteiger partial charge on any atom is 0.411 e. The van der Waals surface area contributed by atoms with Gasteiger partial charge in [0.25, 0.3) is 0 Å². The molecule has 0 saturated heterocycles. The molecule has 0 spiro atoms. The molecule has 1 aliphatic heterocycles. The number of ether oxygens (including phenoxy) is 2. The molecule has 0 atom stereocenters. The van der Waals surface area contributed by atoms with Crippen LogP contribution in [0.2, 0.25) is 0 Å². The summed E-state index contributed by atoms with van der Waals surface area (Å²) in [6.45, 7) is 9.13. The molecule has 1 aliphatic rings. The van der Waals surface area contributed by atoms with E-state index in [1.165, 1.54) is 9.80 Å². The molecule has 7 heteroatoms. The third kappa shape index (κ3) is 7.17. The Balaban J connectivity index is 2.70. The molecular weight excluding hydrogens is 300 g/mol. The highest BCUT2D eigenvalue weighted by atomic mass is 16.6. The Morgan fingerprint density at radius 1 is 1.22 bits per heavy atom. The number of nitrogens with zero attached hydrogens (tertiary/aromatic N) is 2. The molecule has 1 rings (SSSR count). The quantitative estimate of drug-likeness (QED) is 0.581. The van der Waals surface area contributed by atoms with Crippen molar-refractivity contribution in [2.24, 2.45) is 0 Å². The molecule has 0 bridgehead atoms. The van der Waals surface area contributed by atoms with Crippen molar-refractivity contribution in [2.75, 3.05) is 26.2 Å². The van der Waals surface area contributed by atoms with E-state index >= 15 is 0 Å². The minimum atomic E-state index is -0.632. The standard InChI is InChI=1S/C16H26N2O5/c1-12(2)22-14(20)11-17-8-6-7-9-18(10-13(17)19)15(21)23-16(3,4)5/h6-7,12H,8-11H2,1-5H3/b7-6-. The third-order valence-electron chi connectivity index (χ3n) is 2.84. The first-order chi connectivity index (χ1) is 10.6. The summed E-state index contributed by atoms with van der Waals surface area (Å²) >= 11 is 0. The van der Waals surface area contributed by atoms with Gasteiger partial charge in [0.1, 0.15) is 18.7 Å². The second-order valence-corrected chi connectivity index (χ2v) is 6.65. The number of amides is 2. The molecule has 130 valence electrons. The van der Waals surface area contributed by atoms with Crippen LogP contribution in [0, 0.1) is 0 Å². The highest BCUT2D eigenvalue weighted by Crippen LogP contribution is 2.11. The second-order valence-electron chi connectivity index (χ2n) is 6.65. The summed E-state index contributed by atoms with van der Waals surface area (Å²) in [5, 5.41) is 0. The van der Waals surface area contributed by atoms with E-state index in [1.54, 1.807) is 46.8 Å². The van der Waals surface area contributed by atoms with Crippen LogP contribution in [0.4, 0.5) is 4.79 Å². The summed E-state index contributed by atoms with van der Waals surface area (Å²) in [6, 6.07) is 0. The molecule has 0 fully saturated rings. The van der Waals surface area contributed by atoms with Gasteiger partial charge in [-0.3, -0.25) is 14.5 Å². The molecule has 23 heavy (non-hydrogen) atoms. The van der Waals surface area contributed by atoms with Gasteiger partial charge >= 0.3 is 12.1 Å². The van der Waals surface area contributed by atoms with E-state index in [1.807, 2.05) is 0 Å². The van der Waals surface area contributed by atoms with E-state index in [0.29, 0.717) is 13.1 Å². The van der Waals surface area contributed by atoms with Crippen molar-refractivity contribution >= 4 is 18.0 Å². The molecule has 0 saturated carbocycles. The average Bonchev–Trinajstić information content (AvgIpc) is 2.35. The number of esters is 1. The van der Waals surface area contributed by atoms with Gasteiger partial charge in [0.15, 0.2) is 0 Å². The van der Waals surface area contributed by atoms with Crippen LogP contribution < -0.4 is 0 Å². The van der Waals surface area contributed by atoms with Gasteiger partial charge in [0, 0.05) is 13.1 Å². The molecule has 7 nitrogen and oxygen atoms in total. The Labute approximate surface area is 137 Å². The van der Waals surface area contributed by atoms with Gasteiger partial charge in [0.2, 0.25) is 5.91 Å². The van der Waals surface area contributed by atoms with E-state index in [-0.39, 0.29) is 25.1 Å². The number of carbonyl (C=O) groups excluding carboxylic acids is 3. The molecule has 0 N–H and O–H groups in total. The normalized spacial score (nSPS) is 17.6. The van der Waals surface area contributed by atoms with Crippen molar-refractivity contribution in [3.05, 3.63) is 12.2 Å². The Morgan fingerprint density at radius 3 is 2.39 bits per heavy atom. The smallest absolute Gasteiger partial charge is 0.411 e. The van der Waals surface area contributed by atoms with Crippen LogP contribution in [-0.2, 0) is 19.1 Å². The van der Waals surface area contributed by atoms with E-state index in [4.69, 9.17) is 9.47 Å². The first-order valence-electron chi connectivity index (χ1n) is 7.68. The largest absolute Gasteiger partial charge is 0.462 e. The summed E-state index contributed by atoms with van der Waals surface area (Å²) < 4.78 is 10.3. The summed E-state index contributed by atoms with van der Waals surface area (Å²) in [4.78, 5) is 38.8. The number of hydrogen-bond donors (Lipinski definition) is 0. The fourth-order valence-corrected chi connectivity index (χ4v) is 1.91. The predicted molar refractivity (Wildman–Crippen MR) is 84.8 cm³/mol. The highest BCUT2D eigenvalue weighted by Gasteiger charge is 2.27. The van der Waals surface area contributed by atoms with Crippen molar-refractivity contribution in [1.29, 1.82) is 0 Å². The first kappa shape index (κ1) is 19.0. The fourth-order valence-electron chi connectivity index (χ4n) is 1.91. The number of hydrogen-bond acceptors (Lipinski definition) is 5. The van der Waals surface area contributed by atoms with Crippen LogP contribution in [0.25, 0.3) is 0 Å². The van der Waals surface area contributed by atoms with E-state index < -0.39 is 17.7 Å². The van der Waals surface area contributed by atoms with Crippen molar-refractivity contribution < 1.29 is 23.9 Å². The van der Waals surface area contributed by atoms with Gasteiger partial charge in [-0.05, 0) is 34.6 Å². The monoisotopic (exact) mass is 326 g/mol. The first-order valence-corrected chi connectivity index (χ1v) is 7.68. The van der Waals surface area contributed by atoms with Gasteiger partial charge in [-0.25, -0.2) is 4.79 Å². The Kier molecular flexibility index (Phi) is 6.60. The van der Waals surface area contributed by atoms with Crippen LogP contribution in [0.3, 0.4) is 0 Å². The van der Waals surface area contributed by atoms with Gasteiger partial charge in [-0.1, -0.05) is 12.2 Å². The van der Waals surface area contributed by atoms with E-state index in [9.17, 15) is 14.4 Å². The molecule has 0 aromatic rings. The average molecular weight is 326 g/mol.